The molecular formula is C19H18BrN3O2. The topological polar surface area (TPSA) is 74.8 Å². The molecule has 0 bridgehead atoms. The fourth-order valence-electron chi connectivity index (χ4n) is 2.70. The highest BCUT2D eigenvalue weighted by Crippen LogP contribution is 2.22. The molecule has 2 N–H and O–H groups in total. The van der Waals surface area contributed by atoms with E-state index in [-0.39, 0.29) is 23.9 Å². The van der Waals surface area contributed by atoms with Crippen LogP contribution < -0.4 is 10.9 Å². The normalized spacial score (nSPS) is 12.1. The van der Waals surface area contributed by atoms with Gasteiger partial charge in [0.2, 0.25) is 5.91 Å². The van der Waals surface area contributed by atoms with Crippen LogP contribution in [0.1, 0.15) is 30.8 Å². The van der Waals surface area contributed by atoms with Gasteiger partial charge in [-0.2, -0.15) is 0 Å². The fraction of sp³-hybridized carbons (Fsp3) is 0.211. The van der Waals surface area contributed by atoms with E-state index in [1.54, 1.807) is 18.2 Å². The van der Waals surface area contributed by atoms with Gasteiger partial charge in [-0.15, -0.1) is 0 Å². The molecule has 5 nitrogen and oxygen atoms in total. The number of aromatic amines is 1. The highest BCUT2D eigenvalue weighted by molar-refractivity contribution is 9.10. The maximum atomic E-state index is 12.2. The molecular weight excluding hydrogens is 382 g/mol. The first-order valence-corrected chi connectivity index (χ1v) is 8.85. The molecule has 6 heteroatoms. The van der Waals surface area contributed by atoms with Gasteiger partial charge < -0.3 is 10.3 Å². The van der Waals surface area contributed by atoms with Crippen molar-refractivity contribution in [2.24, 2.45) is 0 Å². The molecule has 0 radical (unpaired) electrons. The van der Waals surface area contributed by atoms with Crippen molar-refractivity contribution >= 4 is 32.7 Å². The molecule has 1 unspecified atom stereocenters. The zero-order valence-corrected chi connectivity index (χ0v) is 15.3. The summed E-state index contributed by atoms with van der Waals surface area (Å²) in [6.07, 6.45) is 0.644. The van der Waals surface area contributed by atoms with Gasteiger partial charge in [-0.25, -0.2) is 4.98 Å². The molecule has 0 fully saturated rings. The van der Waals surface area contributed by atoms with Crippen LogP contribution in [0.4, 0.5) is 0 Å². The third kappa shape index (κ3) is 4.14. The van der Waals surface area contributed by atoms with Crippen molar-refractivity contribution in [1.82, 2.24) is 15.3 Å². The second-order valence-electron chi connectivity index (χ2n) is 5.84. The number of H-pyrrole nitrogens is 1. The fourth-order valence-corrected chi connectivity index (χ4v) is 3.33. The monoisotopic (exact) mass is 399 g/mol. The SMILES string of the molecule is CC(NC(=O)CCc1nc2ccccc2c(=O)[nH]1)c1ccccc1Br. The van der Waals surface area contributed by atoms with Gasteiger partial charge in [0.05, 0.1) is 16.9 Å². The van der Waals surface area contributed by atoms with Gasteiger partial charge in [0.15, 0.2) is 0 Å². The molecule has 128 valence electrons. The van der Waals surface area contributed by atoms with E-state index in [2.05, 4.69) is 31.2 Å². The summed E-state index contributed by atoms with van der Waals surface area (Å²) < 4.78 is 0.961. The summed E-state index contributed by atoms with van der Waals surface area (Å²) in [5.74, 6) is 0.437. The number of aromatic nitrogens is 2. The Hall–Kier alpha value is -2.47. The van der Waals surface area contributed by atoms with Crippen LogP contribution in [0.15, 0.2) is 57.8 Å². The van der Waals surface area contributed by atoms with Crippen LogP contribution in [-0.4, -0.2) is 15.9 Å². The molecule has 0 saturated carbocycles. The van der Waals surface area contributed by atoms with Crippen LogP contribution >= 0.6 is 15.9 Å². The van der Waals surface area contributed by atoms with Crippen molar-refractivity contribution in [1.29, 1.82) is 0 Å². The van der Waals surface area contributed by atoms with Crippen molar-refractivity contribution in [3.63, 3.8) is 0 Å². The number of fused-ring (bicyclic) bond motifs is 1. The number of amides is 1. The number of halogens is 1. The molecule has 3 rings (SSSR count). The summed E-state index contributed by atoms with van der Waals surface area (Å²) in [6.45, 7) is 1.94. The van der Waals surface area contributed by atoms with Crippen molar-refractivity contribution in [2.45, 2.75) is 25.8 Å². The molecule has 25 heavy (non-hydrogen) atoms. The number of benzene rings is 2. The number of carbonyl (C=O) groups excluding carboxylic acids is 1. The predicted octanol–water partition coefficient (Wildman–Crippen LogP) is 3.50. The van der Waals surface area contributed by atoms with E-state index in [4.69, 9.17) is 0 Å². The van der Waals surface area contributed by atoms with Crippen molar-refractivity contribution in [2.75, 3.05) is 0 Å². The Labute approximate surface area is 153 Å². The lowest BCUT2D eigenvalue weighted by Gasteiger charge is -2.15. The Morgan fingerprint density at radius 2 is 1.92 bits per heavy atom. The first-order valence-electron chi connectivity index (χ1n) is 8.06. The lowest BCUT2D eigenvalue weighted by Crippen LogP contribution is -2.27. The Morgan fingerprint density at radius 1 is 1.20 bits per heavy atom. The lowest BCUT2D eigenvalue weighted by molar-refractivity contribution is -0.121. The standard InChI is InChI=1S/C19H18BrN3O2/c1-12(13-6-2-4-8-15(13)20)21-18(24)11-10-17-22-16-9-5-3-7-14(16)19(25)23-17/h2-9,12H,10-11H2,1H3,(H,21,24)(H,22,23,25). The molecule has 1 atom stereocenters. The average molecular weight is 400 g/mol. The Bertz CT molecular complexity index is 968. The summed E-state index contributed by atoms with van der Waals surface area (Å²) >= 11 is 3.49. The third-order valence-electron chi connectivity index (χ3n) is 4.00. The minimum Gasteiger partial charge on any atom is -0.350 e. The van der Waals surface area contributed by atoms with Crippen LogP contribution in [0.25, 0.3) is 10.9 Å². The summed E-state index contributed by atoms with van der Waals surface area (Å²) in [5.41, 5.74) is 1.49. The van der Waals surface area contributed by atoms with Crippen molar-refractivity contribution in [3.8, 4) is 0 Å². The van der Waals surface area contributed by atoms with Crippen LogP contribution in [-0.2, 0) is 11.2 Å². The quantitative estimate of drug-likeness (QED) is 0.689. The van der Waals surface area contributed by atoms with E-state index in [0.29, 0.717) is 23.1 Å². The molecule has 1 amide bonds. The van der Waals surface area contributed by atoms with E-state index < -0.39 is 0 Å². The first-order chi connectivity index (χ1) is 12.0. The Morgan fingerprint density at radius 3 is 2.72 bits per heavy atom. The highest BCUT2D eigenvalue weighted by Gasteiger charge is 2.12. The first kappa shape index (κ1) is 17.4. The zero-order valence-electron chi connectivity index (χ0n) is 13.8. The number of rotatable bonds is 5. The van der Waals surface area contributed by atoms with Crippen LogP contribution in [0.2, 0.25) is 0 Å². The smallest absolute Gasteiger partial charge is 0.258 e. The second-order valence-corrected chi connectivity index (χ2v) is 6.69. The predicted molar refractivity (Wildman–Crippen MR) is 101 cm³/mol. The van der Waals surface area contributed by atoms with Gasteiger partial charge in [0, 0.05) is 17.3 Å². The summed E-state index contributed by atoms with van der Waals surface area (Å²) in [6, 6.07) is 14.8. The van der Waals surface area contributed by atoms with Crippen LogP contribution in [0, 0.1) is 0 Å². The number of para-hydroxylation sites is 1. The van der Waals surface area contributed by atoms with E-state index >= 15 is 0 Å². The number of nitrogens with zero attached hydrogens (tertiary/aromatic N) is 1. The van der Waals surface area contributed by atoms with E-state index in [0.717, 1.165) is 10.0 Å². The summed E-state index contributed by atoms with van der Waals surface area (Å²) in [4.78, 5) is 31.4. The largest absolute Gasteiger partial charge is 0.350 e. The molecule has 1 heterocycles. The molecule has 0 aliphatic rings. The molecule has 0 aliphatic carbocycles. The highest BCUT2D eigenvalue weighted by atomic mass is 79.9. The van der Waals surface area contributed by atoms with Gasteiger partial charge >= 0.3 is 0 Å². The zero-order chi connectivity index (χ0) is 17.8. The van der Waals surface area contributed by atoms with Crippen molar-refractivity contribution < 1.29 is 4.79 Å². The lowest BCUT2D eigenvalue weighted by atomic mass is 10.1. The average Bonchev–Trinajstić information content (AvgIpc) is 2.60. The van der Waals surface area contributed by atoms with Gasteiger partial charge in [-0.3, -0.25) is 9.59 Å². The molecule has 0 spiro atoms. The Kier molecular flexibility index (Phi) is 5.28. The second kappa shape index (κ2) is 7.61. The van der Waals surface area contributed by atoms with Crippen LogP contribution in [0.3, 0.4) is 0 Å². The molecule has 2 aromatic carbocycles. The van der Waals surface area contributed by atoms with Gasteiger partial charge in [-0.05, 0) is 30.7 Å². The number of aryl methyl sites for hydroxylation is 1. The summed E-state index contributed by atoms with van der Waals surface area (Å²) in [5, 5.41) is 3.52. The minimum atomic E-state index is -0.178. The number of carbonyl (C=O) groups is 1. The summed E-state index contributed by atoms with van der Waals surface area (Å²) in [7, 11) is 0. The van der Waals surface area contributed by atoms with E-state index in [1.165, 1.54) is 0 Å². The maximum absolute atomic E-state index is 12.2. The van der Waals surface area contributed by atoms with E-state index in [9.17, 15) is 9.59 Å². The number of hydrogen-bond donors (Lipinski definition) is 2. The van der Waals surface area contributed by atoms with Gasteiger partial charge in [0.25, 0.3) is 5.56 Å². The van der Waals surface area contributed by atoms with Crippen LogP contribution in [0.5, 0.6) is 0 Å². The molecule has 1 aromatic heterocycles. The van der Waals surface area contributed by atoms with Crippen molar-refractivity contribution in [3.05, 3.63) is 74.7 Å². The number of hydrogen-bond acceptors (Lipinski definition) is 3. The molecule has 3 aromatic rings. The minimum absolute atomic E-state index is 0.0842. The molecule has 0 aliphatic heterocycles. The van der Waals surface area contributed by atoms with E-state index in [1.807, 2.05) is 37.3 Å². The maximum Gasteiger partial charge on any atom is 0.258 e. The number of nitrogens with one attached hydrogen (secondary N) is 2. The molecule has 0 saturated heterocycles. The van der Waals surface area contributed by atoms with Gasteiger partial charge in [-0.1, -0.05) is 46.3 Å². The third-order valence-corrected chi connectivity index (χ3v) is 4.72. The Balaban J connectivity index is 1.65. The van der Waals surface area contributed by atoms with Gasteiger partial charge in [0.1, 0.15) is 5.82 Å².